The number of amides is 2. The second kappa shape index (κ2) is 9.30. The lowest BCUT2D eigenvalue weighted by molar-refractivity contribution is 0.0390. The minimum absolute atomic E-state index is 0.145. The monoisotopic (exact) mass is 432 g/mol. The van der Waals surface area contributed by atoms with Gasteiger partial charge in [0, 0.05) is 19.6 Å². The Kier molecular flexibility index (Phi) is 6.52. The van der Waals surface area contributed by atoms with Crippen molar-refractivity contribution in [3.63, 3.8) is 0 Å². The van der Waals surface area contributed by atoms with E-state index in [1.807, 2.05) is 24.3 Å². The van der Waals surface area contributed by atoms with Crippen molar-refractivity contribution in [2.45, 2.75) is 17.7 Å². The maximum atomic E-state index is 13.2. The van der Waals surface area contributed by atoms with Crippen molar-refractivity contribution in [2.75, 3.05) is 45.9 Å². The lowest BCUT2D eigenvalue weighted by atomic mass is 9.98. The van der Waals surface area contributed by atoms with Crippen molar-refractivity contribution in [3.8, 4) is 0 Å². The standard InChI is InChI=1S/C21H28N4O4S/c26-21(24-11-13-29-14-12-24)25(16-17-7-9-22-10-8-17)23-30(27,28)20-6-5-18-3-1-2-4-19(18)15-20/h1-6,15,17,22-23H,7-14,16H2. The molecule has 2 N–H and O–H groups in total. The van der Waals surface area contributed by atoms with Gasteiger partial charge in [0.2, 0.25) is 0 Å². The summed E-state index contributed by atoms with van der Waals surface area (Å²) in [5.41, 5.74) is 0. The number of hydrogen-bond donors (Lipinski definition) is 2. The van der Waals surface area contributed by atoms with Gasteiger partial charge in [-0.1, -0.05) is 30.3 Å². The van der Waals surface area contributed by atoms with Crippen LogP contribution in [0.25, 0.3) is 10.8 Å². The Balaban J connectivity index is 1.57. The number of nitrogens with one attached hydrogen (secondary N) is 2. The van der Waals surface area contributed by atoms with Crippen molar-refractivity contribution >= 4 is 26.8 Å². The molecule has 0 aliphatic carbocycles. The Morgan fingerprint density at radius 2 is 1.80 bits per heavy atom. The topological polar surface area (TPSA) is 91.0 Å². The summed E-state index contributed by atoms with van der Waals surface area (Å²) in [7, 11) is -3.90. The molecule has 0 aromatic heterocycles. The molecule has 2 aliphatic heterocycles. The molecule has 2 aromatic carbocycles. The molecule has 2 saturated heterocycles. The summed E-state index contributed by atoms with van der Waals surface area (Å²) in [5.74, 6) is 0.246. The number of ether oxygens (including phenoxy) is 1. The third-order valence-corrected chi connectivity index (χ3v) is 7.01. The van der Waals surface area contributed by atoms with E-state index in [0.29, 0.717) is 32.8 Å². The number of piperidine rings is 1. The highest BCUT2D eigenvalue weighted by molar-refractivity contribution is 7.89. The van der Waals surface area contributed by atoms with Gasteiger partial charge in [0.25, 0.3) is 10.0 Å². The molecule has 0 spiro atoms. The number of rotatable bonds is 5. The first-order valence-electron chi connectivity index (χ1n) is 10.4. The summed E-state index contributed by atoms with van der Waals surface area (Å²) in [5, 5.41) is 6.39. The van der Waals surface area contributed by atoms with Crippen LogP contribution in [0.2, 0.25) is 0 Å². The largest absolute Gasteiger partial charge is 0.378 e. The van der Waals surface area contributed by atoms with Crippen molar-refractivity contribution in [1.82, 2.24) is 20.1 Å². The Labute approximate surface area is 177 Å². The van der Waals surface area contributed by atoms with Gasteiger partial charge >= 0.3 is 6.03 Å². The van der Waals surface area contributed by atoms with Crippen LogP contribution in [-0.2, 0) is 14.8 Å². The number of morpholine rings is 1. The average molecular weight is 433 g/mol. The summed E-state index contributed by atoms with van der Waals surface area (Å²) in [6.07, 6.45) is 1.81. The van der Waals surface area contributed by atoms with Crippen molar-refractivity contribution in [2.24, 2.45) is 5.92 Å². The molecule has 8 nitrogen and oxygen atoms in total. The molecular weight excluding hydrogens is 404 g/mol. The van der Waals surface area contributed by atoms with Gasteiger partial charge in [-0.05, 0) is 54.8 Å². The minimum atomic E-state index is -3.90. The number of hydrazine groups is 1. The number of nitrogens with zero attached hydrogens (tertiary/aromatic N) is 2. The first kappa shape index (κ1) is 21.0. The van der Waals surface area contributed by atoms with Crippen LogP contribution in [0.15, 0.2) is 47.4 Å². The normalized spacial score (nSPS) is 18.5. The Hall–Kier alpha value is -2.20. The zero-order valence-electron chi connectivity index (χ0n) is 16.9. The molecule has 30 heavy (non-hydrogen) atoms. The number of carbonyl (C=O) groups is 1. The van der Waals surface area contributed by atoms with Crippen LogP contribution in [0.4, 0.5) is 4.79 Å². The van der Waals surface area contributed by atoms with E-state index in [1.54, 1.807) is 23.1 Å². The highest BCUT2D eigenvalue weighted by Gasteiger charge is 2.30. The molecule has 2 heterocycles. The molecule has 0 atom stereocenters. The van der Waals surface area contributed by atoms with Crippen LogP contribution in [0.5, 0.6) is 0 Å². The molecule has 9 heteroatoms. The highest BCUT2D eigenvalue weighted by atomic mass is 32.2. The second-order valence-corrected chi connectivity index (χ2v) is 9.45. The van der Waals surface area contributed by atoms with Crippen LogP contribution in [-0.4, -0.2) is 70.3 Å². The number of benzene rings is 2. The lowest BCUT2D eigenvalue weighted by Crippen LogP contribution is -2.56. The van der Waals surface area contributed by atoms with Gasteiger partial charge < -0.3 is 15.0 Å². The predicted molar refractivity (Wildman–Crippen MR) is 114 cm³/mol. The molecule has 2 aliphatic rings. The van der Waals surface area contributed by atoms with Gasteiger partial charge in [0.15, 0.2) is 0 Å². The van der Waals surface area contributed by atoms with Gasteiger partial charge in [0.1, 0.15) is 0 Å². The molecule has 162 valence electrons. The van der Waals surface area contributed by atoms with E-state index in [2.05, 4.69) is 10.1 Å². The van der Waals surface area contributed by atoms with Gasteiger partial charge in [-0.15, -0.1) is 4.83 Å². The molecular formula is C21H28N4O4S. The summed E-state index contributed by atoms with van der Waals surface area (Å²) < 4.78 is 31.6. The molecule has 2 fully saturated rings. The van der Waals surface area contributed by atoms with E-state index >= 15 is 0 Å². The number of fused-ring (bicyclic) bond motifs is 1. The fourth-order valence-electron chi connectivity index (χ4n) is 3.93. The van der Waals surface area contributed by atoms with Gasteiger partial charge in [-0.25, -0.2) is 18.2 Å². The number of hydrogen-bond acceptors (Lipinski definition) is 5. The molecule has 0 bridgehead atoms. The van der Waals surface area contributed by atoms with E-state index in [0.717, 1.165) is 36.7 Å². The number of carbonyl (C=O) groups excluding carboxylic acids is 1. The van der Waals surface area contributed by atoms with Crippen LogP contribution in [0.3, 0.4) is 0 Å². The number of sulfonamides is 1. The SMILES string of the molecule is O=C(N1CCOCC1)N(CC1CCNCC1)NS(=O)(=O)c1ccc2ccccc2c1. The van der Waals surface area contributed by atoms with Crippen LogP contribution < -0.4 is 10.1 Å². The summed E-state index contributed by atoms with van der Waals surface area (Å²) in [4.78, 5) is 17.5. The molecule has 0 saturated carbocycles. The Morgan fingerprint density at radius 1 is 1.10 bits per heavy atom. The van der Waals surface area contributed by atoms with E-state index in [9.17, 15) is 13.2 Å². The third-order valence-electron chi connectivity index (χ3n) is 5.67. The second-order valence-electron chi connectivity index (χ2n) is 7.79. The molecule has 2 aromatic rings. The van der Waals surface area contributed by atoms with Crippen LogP contribution in [0, 0.1) is 5.92 Å². The molecule has 0 unspecified atom stereocenters. The minimum Gasteiger partial charge on any atom is -0.378 e. The first-order valence-corrected chi connectivity index (χ1v) is 11.9. The number of urea groups is 1. The van der Waals surface area contributed by atoms with Gasteiger partial charge in [-0.2, -0.15) is 0 Å². The van der Waals surface area contributed by atoms with Crippen molar-refractivity contribution in [1.29, 1.82) is 0 Å². The predicted octanol–water partition coefficient (Wildman–Crippen LogP) is 1.79. The third kappa shape index (κ3) is 4.92. The lowest BCUT2D eigenvalue weighted by Gasteiger charge is -2.35. The molecule has 2 amide bonds. The smallest absolute Gasteiger partial charge is 0.335 e. The summed E-state index contributed by atoms with van der Waals surface area (Å²) in [6.45, 7) is 3.95. The van der Waals surface area contributed by atoms with Crippen molar-refractivity contribution < 1.29 is 17.9 Å². The fraction of sp³-hybridized carbons (Fsp3) is 0.476. The molecule has 0 radical (unpaired) electrons. The van der Waals surface area contributed by atoms with E-state index < -0.39 is 10.0 Å². The Morgan fingerprint density at radius 3 is 2.53 bits per heavy atom. The maximum Gasteiger partial charge on any atom is 0.335 e. The van der Waals surface area contributed by atoms with E-state index in [1.165, 1.54) is 5.01 Å². The zero-order valence-corrected chi connectivity index (χ0v) is 17.7. The average Bonchev–Trinajstić information content (AvgIpc) is 2.79. The first-order chi connectivity index (χ1) is 14.5. The Bertz CT molecular complexity index is 985. The van der Waals surface area contributed by atoms with Crippen LogP contribution >= 0.6 is 0 Å². The molecule has 4 rings (SSSR count). The van der Waals surface area contributed by atoms with E-state index in [4.69, 9.17) is 4.74 Å². The van der Waals surface area contributed by atoms with E-state index in [-0.39, 0.29) is 16.8 Å². The van der Waals surface area contributed by atoms with Gasteiger partial charge in [-0.3, -0.25) is 0 Å². The zero-order chi connectivity index (χ0) is 21.0. The quantitative estimate of drug-likeness (QED) is 0.703. The fourth-order valence-corrected chi connectivity index (χ4v) is 5.01. The van der Waals surface area contributed by atoms with Gasteiger partial charge in [0.05, 0.1) is 18.1 Å². The summed E-state index contributed by atoms with van der Waals surface area (Å²) >= 11 is 0. The van der Waals surface area contributed by atoms with Crippen LogP contribution in [0.1, 0.15) is 12.8 Å². The van der Waals surface area contributed by atoms with Crippen molar-refractivity contribution in [3.05, 3.63) is 42.5 Å². The maximum absolute atomic E-state index is 13.2. The highest BCUT2D eigenvalue weighted by Crippen LogP contribution is 2.20. The summed E-state index contributed by atoms with van der Waals surface area (Å²) in [6, 6.07) is 12.3.